The van der Waals surface area contributed by atoms with Gasteiger partial charge in [-0.1, -0.05) is 0 Å². The SMILES string of the molecule is Cc1cc(C)nc(CNCCNCc2cc(C)cc(C)n2)c1. The average Bonchev–Trinajstić information content (AvgIpc) is 2.40. The Kier molecular flexibility index (Phi) is 6.04. The third-order valence-electron chi connectivity index (χ3n) is 3.39. The Morgan fingerprint density at radius 2 is 1.09 bits per heavy atom. The van der Waals surface area contributed by atoms with Gasteiger partial charge in [0.25, 0.3) is 0 Å². The highest BCUT2D eigenvalue weighted by Crippen LogP contribution is 2.04. The van der Waals surface area contributed by atoms with E-state index in [4.69, 9.17) is 0 Å². The van der Waals surface area contributed by atoms with E-state index < -0.39 is 0 Å². The number of hydrogen-bond acceptors (Lipinski definition) is 4. The van der Waals surface area contributed by atoms with Gasteiger partial charge in [0, 0.05) is 37.6 Å². The summed E-state index contributed by atoms with van der Waals surface area (Å²) in [6.07, 6.45) is 0. The van der Waals surface area contributed by atoms with Gasteiger partial charge >= 0.3 is 0 Å². The highest BCUT2D eigenvalue weighted by atomic mass is 15.0. The largest absolute Gasteiger partial charge is 0.310 e. The van der Waals surface area contributed by atoms with Gasteiger partial charge < -0.3 is 10.6 Å². The van der Waals surface area contributed by atoms with Crippen LogP contribution >= 0.6 is 0 Å². The average molecular weight is 298 g/mol. The highest BCUT2D eigenvalue weighted by molar-refractivity contribution is 5.20. The zero-order valence-electron chi connectivity index (χ0n) is 14.0. The molecule has 22 heavy (non-hydrogen) atoms. The maximum absolute atomic E-state index is 4.53. The first-order valence-electron chi connectivity index (χ1n) is 7.83. The molecule has 0 fully saturated rings. The second-order valence-electron chi connectivity index (χ2n) is 5.91. The van der Waals surface area contributed by atoms with Crippen molar-refractivity contribution in [2.24, 2.45) is 0 Å². The highest BCUT2D eigenvalue weighted by Gasteiger charge is 1.99. The first kappa shape index (κ1) is 16.6. The second kappa shape index (κ2) is 8.01. The van der Waals surface area contributed by atoms with Crippen molar-refractivity contribution in [2.75, 3.05) is 13.1 Å². The third kappa shape index (κ3) is 5.54. The summed E-state index contributed by atoms with van der Waals surface area (Å²) in [5.41, 5.74) is 6.90. The van der Waals surface area contributed by atoms with Crippen LogP contribution in [0.15, 0.2) is 24.3 Å². The lowest BCUT2D eigenvalue weighted by molar-refractivity contribution is 0.600. The normalized spacial score (nSPS) is 10.9. The molecule has 0 aliphatic rings. The van der Waals surface area contributed by atoms with Gasteiger partial charge in [-0.05, 0) is 63.1 Å². The fourth-order valence-corrected chi connectivity index (χ4v) is 2.64. The lowest BCUT2D eigenvalue weighted by atomic mass is 10.2. The summed E-state index contributed by atoms with van der Waals surface area (Å²) < 4.78 is 0. The predicted octanol–water partition coefficient (Wildman–Crippen LogP) is 2.59. The van der Waals surface area contributed by atoms with E-state index >= 15 is 0 Å². The van der Waals surface area contributed by atoms with Crippen LogP contribution in [0, 0.1) is 27.7 Å². The molecule has 4 heteroatoms. The van der Waals surface area contributed by atoms with Gasteiger partial charge in [-0.3, -0.25) is 9.97 Å². The first-order chi connectivity index (χ1) is 10.5. The van der Waals surface area contributed by atoms with E-state index in [1.807, 2.05) is 13.8 Å². The predicted molar refractivity (Wildman–Crippen MR) is 90.8 cm³/mol. The van der Waals surface area contributed by atoms with Crippen molar-refractivity contribution in [3.05, 3.63) is 58.2 Å². The Morgan fingerprint density at radius 3 is 1.45 bits per heavy atom. The topological polar surface area (TPSA) is 49.8 Å². The van der Waals surface area contributed by atoms with Gasteiger partial charge in [0.2, 0.25) is 0 Å². The molecule has 0 saturated carbocycles. The zero-order valence-corrected chi connectivity index (χ0v) is 14.0. The molecule has 2 aromatic heterocycles. The number of nitrogens with zero attached hydrogens (tertiary/aromatic N) is 2. The minimum atomic E-state index is 0.812. The molecule has 0 radical (unpaired) electrons. The first-order valence-corrected chi connectivity index (χ1v) is 7.83. The van der Waals surface area contributed by atoms with Crippen molar-refractivity contribution in [2.45, 2.75) is 40.8 Å². The Hall–Kier alpha value is -1.78. The monoisotopic (exact) mass is 298 g/mol. The lowest BCUT2D eigenvalue weighted by Crippen LogP contribution is -2.27. The van der Waals surface area contributed by atoms with E-state index in [0.29, 0.717) is 0 Å². The quantitative estimate of drug-likeness (QED) is 0.772. The molecule has 2 aromatic rings. The number of aromatic nitrogens is 2. The van der Waals surface area contributed by atoms with Crippen LogP contribution < -0.4 is 10.6 Å². The van der Waals surface area contributed by atoms with Gasteiger partial charge in [0.15, 0.2) is 0 Å². The van der Waals surface area contributed by atoms with Crippen LogP contribution in [0.5, 0.6) is 0 Å². The molecule has 0 aliphatic carbocycles. The molecular formula is C18H26N4. The van der Waals surface area contributed by atoms with Gasteiger partial charge in [0.05, 0.1) is 11.4 Å². The van der Waals surface area contributed by atoms with E-state index in [1.165, 1.54) is 11.1 Å². The molecule has 2 rings (SSSR count). The van der Waals surface area contributed by atoms with Crippen LogP contribution in [-0.2, 0) is 13.1 Å². The Morgan fingerprint density at radius 1 is 0.682 bits per heavy atom. The molecule has 0 unspecified atom stereocenters. The number of hydrogen-bond donors (Lipinski definition) is 2. The molecule has 0 amide bonds. The number of nitrogens with one attached hydrogen (secondary N) is 2. The fourth-order valence-electron chi connectivity index (χ4n) is 2.64. The maximum atomic E-state index is 4.53. The Bertz CT molecular complexity index is 526. The summed E-state index contributed by atoms with van der Waals surface area (Å²) in [6, 6.07) is 8.46. The third-order valence-corrected chi connectivity index (χ3v) is 3.39. The number of rotatable bonds is 7. The van der Waals surface area contributed by atoms with Crippen LogP contribution in [0.25, 0.3) is 0 Å². The van der Waals surface area contributed by atoms with E-state index in [9.17, 15) is 0 Å². The van der Waals surface area contributed by atoms with Crippen LogP contribution in [0.2, 0.25) is 0 Å². The van der Waals surface area contributed by atoms with Gasteiger partial charge in [-0.25, -0.2) is 0 Å². The number of aryl methyl sites for hydroxylation is 4. The minimum Gasteiger partial charge on any atom is -0.310 e. The van der Waals surface area contributed by atoms with Crippen molar-refractivity contribution in [3.8, 4) is 0 Å². The van der Waals surface area contributed by atoms with Crippen LogP contribution in [0.3, 0.4) is 0 Å². The molecule has 2 N–H and O–H groups in total. The Balaban J connectivity index is 1.67. The van der Waals surface area contributed by atoms with Gasteiger partial charge in [-0.15, -0.1) is 0 Å². The van der Waals surface area contributed by atoms with Crippen LogP contribution in [0.1, 0.15) is 33.9 Å². The van der Waals surface area contributed by atoms with Crippen molar-refractivity contribution in [3.63, 3.8) is 0 Å². The van der Waals surface area contributed by atoms with Crippen molar-refractivity contribution >= 4 is 0 Å². The van der Waals surface area contributed by atoms with E-state index in [1.54, 1.807) is 0 Å². The molecular weight excluding hydrogens is 272 g/mol. The van der Waals surface area contributed by atoms with Crippen molar-refractivity contribution in [1.29, 1.82) is 0 Å². The molecule has 0 aliphatic heterocycles. The summed E-state index contributed by atoms with van der Waals surface area (Å²) in [4.78, 5) is 9.05. The molecule has 0 bridgehead atoms. The summed E-state index contributed by atoms with van der Waals surface area (Å²) in [5, 5.41) is 6.84. The molecule has 2 heterocycles. The standard InChI is InChI=1S/C18H26N4/c1-13-7-15(3)21-17(9-13)11-19-5-6-20-12-18-10-14(2)8-16(4)22-18/h7-10,19-20H,5-6,11-12H2,1-4H3. The molecule has 0 aromatic carbocycles. The Labute approximate surface area is 133 Å². The molecule has 118 valence electrons. The van der Waals surface area contributed by atoms with Gasteiger partial charge in [0.1, 0.15) is 0 Å². The summed E-state index contributed by atoms with van der Waals surface area (Å²) >= 11 is 0. The smallest absolute Gasteiger partial charge is 0.0547 e. The van der Waals surface area contributed by atoms with Gasteiger partial charge in [-0.2, -0.15) is 0 Å². The summed E-state index contributed by atoms with van der Waals surface area (Å²) in [7, 11) is 0. The van der Waals surface area contributed by atoms with Crippen LogP contribution in [-0.4, -0.2) is 23.1 Å². The molecule has 0 spiro atoms. The molecule has 0 saturated heterocycles. The molecule has 4 nitrogen and oxygen atoms in total. The van der Waals surface area contributed by atoms with Crippen molar-refractivity contribution in [1.82, 2.24) is 20.6 Å². The van der Waals surface area contributed by atoms with E-state index in [2.05, 4.69) is 58.7 Å². The zero-order chi connectivity index (χ0) is 15.9. The second-order valence-corrected chi connectivity index (χ2v) is 5.91. The summed E-state index contributed by atoms with van der Waals surface area (Å²) in [6.45, 7) is 11.7. The maximum Gasteiger partial charge on any atom is 0.0547 e. The number of pyridine rings is 2. The van der Waals surface area contributed by atoms with E-state index in [-0.39, 0.29) is 0 Å². The summed E-state index contributed by atoms with van der Waals surface area (Å²) in [5.74, 6) is 0. The fraction of sp³-hybridized carbons (Fsp3) is 0.444. The van der Waals surface area contributed by atoms with Crippen LogP contribution in [0.4, 0.5) is 0 Å². The van der Waals surface area contributed by atoms with E-state index in [0.717, 1.165) is 49.0 Å². The van der Waals surface area contributed by atoms with Crippen molar-refractivity contribution < 1.29 is 0 Å². The molecule has 0 atom stereocenters. The minimum absolute atomic E-state index is 0.812. The lowest BCUT2D eigenvalue weighted by Gasteiger charge is -2.08.